The molecule has 2 aliphatic heterocycles. The Morgan fingerprint density at radius 2 is 2.05 bits per heavy atom. The van der Waals surface area contributed by atoms with Crippen molar-refractivity contribution in [3.8, 4) is 0 Å². The zero-order chi connectivity index (χ0) is 14.5. The first kappa shape index (κ1) is 14.6. The molecule has 0 aliphatic carbocycles. The molecule has 3 heterocycles. The number of furan rings is 1. The molecule has 3 rings (SSSR count). The smallest absolute Gasteiger partial charge is 0.289 e. The van der Waals surface area contributed by atoms with Crippen molar-refractivity contribution in [2.75, 3.05) is 39.4 Å². The van der Waals surface area contributed by atoms with E-state index in [0.717, 1.165) is 52.2 Å². The first-order chi connectivity index (χ1) is 10.3. The van der Waals surface area contributed by atoms with Gasteiger partial charge in [0, 0.05) is 32.2 Å². The Hall–Kier alpha value is -1.33. The van der Waals surface area contributed by atoms with Crippen molar-refractivity contribution in [1.82, 2.24) is 9.80 Å². The lowest BCUT2D eigenvalue weighted by Gasteiger charge is -2.35. The molecule has 116 valence electrons. The van der Waals surface area contributed by atoms with E-state index < -0.39 is 0 Å². The highest BCUT2D eigenvalue weighted by Crippen LogP contribution is 2.21. The second-order valence-electron chi connectivity index (χ2n) is 5.89. The van der Waals surface area contributed by atoms with Gasteiger partial charge in [-0.15, -0.1) is 0 Å². The first-order valence-corrected chi connectivity index (χ1v) is 7.99. The summed E-state index contributed by atoms with van der Waals surface area (Å²) in [6.45, 7) is 5.35. The molecule has 0 bridgehead atoms. The van der Waals surface area contributed by atoms with E-state index in [1.165, 1.54) is 12.8 Å². The van der Waals surface area contributed by atoms with Gasteiger partial charge in [0.25, 0.3) is 5.91 Å². The van der Waals surface area contributed by atoms with E-state index in [2.05, 4.69) is 4.90 Å². The van der Waals surface area contributed by atoms with E-state index in [0.29, 0.717) is 11.8 Å². The fraction of sp³-hybridized carbons (Fsp3) is 0.688. The van der Waals surface area contributed by atoms with Gasteiger partial charge in [-0.3, -0.25) is 9.69 Å². The predicted molar refractivity (Wildman–Crippen MR) is 79.3 cm³/mol. The molecule has 5 nitrogen and oxygen atoms in total. The Morgan fingerprint density at radius 3 is 2.81 bits per heavy atom. The van der Waals surface area contributed by atoms with Crippen LogP contribution in [0.1, 0.15) is 36.2 Å². The topological polar surface area (TPSA) is 45.9 Å². The van der Waals surface area contributed by atoms with E-state index in [9.17, 15) is 4.79 Å². The van der Waals surface area contributed by atoms with Gasteiger partial charge < -0.3 is 14.1 Å². The van der Waals surface area contributed by atoms with Gasteiger partial charge in [-0.05, 0) is 25.0 Å². The van der Waals surface area contributed by atoms with Crippen molar-refractivity contribution in [1.29, 1.82) is 0 Å². The molecule has 0 spiro atoms. The van der Waals surface area contributed by atoms with Crippen LogP contribution in [0.15, 0.2) is 22.8 Å². The summed E-state index contributed by atoms with van der Waals surface area (Å²) in [5.41, 5.74) is 0. The van der Waals surface area contributed by atoms with Crippen molar-refractivity contribution in [2.45, 2.75) is 31.7 Å². The molecule has 5 heteroatoms. The number of rotatable bonds is 3. The van der Waals surface area contributed by atoms with E-state index in [1.807, 2.05) is 4.90 Å². The lowest BCUT2D eigenvalue weighted by atomic mass is 10.1. The average molecular weight is 292 g/mol. The monoisotopic (exact) mass is 292 g/mol. The van der Waals surface area contributed by atoms with Crippen molar-refractivity contribution < 1.29 is 13.9 Å². The van der Waals surface area contributed by atoms with Crippen LogP contribution in [0.25, 0.3) is 0 Å². The number of amides is 1. The average Bonchev–Trinajstić information content (AvgIpc) is 2.96. The standard InChI is InChI=1S/C16H24N2O3/c19-16(15-6-4-10-21-15)18-7-3-1-2-5-14(18)13-17-8-11-20-12-9-17/h4,6,10,14H,1-3,5,7-9,11-13H2/t14-/m1/s1. The molecule has 1 aromatic heterocycles. The van der Waals surface area contributed by atoms with Crippen LogP contribution in [0.5, 0.6) is 0 Å². The number of carbonyl (C=O) groups excluding carboxylic acids is 1. The largest absolute Gasteiger partial charge is 0.459 e. The maximum atomic E-state index is 12.7. The van der Waals surface area contributed by atoms with E-state index in [-0.39, 0.29) is 5.91 Å². The van der Waals surface area contributed by atoms with Crippen LogP contribution in [0.4, 0.5) is 0 Å². The van der Waals surface area contributed by atoms with Gasteiger partial charge in [0.2, 0.25) is 0 Å². The van der Waals surface area contributed by atoms with Gasteiger partial charge in [-0.2, -0.15) is 0 Å². The van der Waals surface area contributed by atoms with Gasteiger partial charge in [-0.1, -0.05) is 12.8 Å². The van der Waals surface area contributed by atoms with Crippen LogP contribution in [-0.4, -0.2) is 61.1 Å². The van der Waals surface area contributed by atoms with Crippen molar-refractivity contribution in [2.24, 2.45) is 0 Å². The van der Waals surface area contributed by atoms with Gasteiger partial charge in [0.05, 0.1) is 19.5 Å². The third-order valence-corrected chi connectivity index (χ3v) is 4.44. The molecule has 0 saturated carbocycles. The Labute approximate surface area is 125 Å². The normalized spacial score (nSPS) is 24.8. The van der Waals surface area contributed by atoms with Crippen molar-refractivity contribution in [3.05, 3.63) is 24.2 Å². The Balaban J connectivity index is 1.69. The summed E-state index contributed by atoms with van der Waals surface area (Å²) in [6.07, 6.45) is 6.16. The highest BCUT2D eigenvalue weighted by Gasteiger charge is 2.29. The Morgan fingerprint density at radius 1 is 1.19 bits per heavy atom. The van der Waals surface area contributed by atoms with E-state index >= 15 is 0 Å². The van der Waals surface area contributed by atoms with Crippen LogP contribution in [0.2, 0.25) is 0 Å². The summed E-state index contributed by atoms with van der Waals surface area (Å²) >= 11 is 0. The van der Waals surface area contributed by atoms with Gasteiger partial charge in [0.15, 0.2) is 5.76 Å². The summed E-state index contributed by atoms with van der Waals surface area (Å²) in [4.78, 5) is 17.1. The summed E-state index contributed by atoms with van der Waals surface area (Å²) in [5.74, 6) is 0.504. The minimum atomic E-state index is 0.0418. The maximum Gasteiger partial charge on any atom is 0.289 e. The number of likely N-dealkylation sites (tertiary alicyclic amines) is 1. The van der Waals surface area contributed by atoms with Gasteiger partial charge >= 0.3 is 0 Å². The summed E-state index contributed by atoms with van der Waals surface area (Å²) in [6, 6.07) is 3.84. The number of ether oxygens (including phenoxy) is 1. The lowest BCUT2D eigenvalue weighted by Crippen LogP contribution is -2.49. The number of hydrogen-bond acceptors (Lipinski definition) is 4. The fourth-order valence-corrected chi connectivity index (χ4v) is 3.26. The molecule has 2 fully saturated rings. The summed E-state index contributed by atoms with van der Waals surface area (Å²) in [5, 5.41) is 0. The molecule has 0 radical (unpaired) electrons. The van der Waals surface area contributed by atoms with Gasteiger partial charge in [-0.25, -0.2) is 0 Å². The summed E-state index contributed by atoms with van der Waals surface area (Å²) < 4.78 is 10.7. The van der Waals surface area contributed by atoms with E-state index in [4.69, 9.17) is 9.15 Å². The number of morpholine rings is 1. The molecule has 1 atom stereocenters. The van der Waals surface area contributed by atoms with Crippen LogP contribution in [0, 0.1) is 0 Å². The molecule has 0 N–H and O–H groups in total. The minimum absolute atomic E-state index is 0.0418. The first-order valence-electron chi connectivity index (χ1n) is 7.99. The molecule has 2 saturated heterocycles. The third-order valence-electron chi connectivity index (χ3n) is 4.44. The molecular weight excluding hydrogens is 268 g/mol. The van der Waals surface area contributed by atoms with Gasteiger partial charge in [0.1, 0.15) is 0 Å². The zero-order valence-electron chi connectivity index (χ0n) is 12.5. The Kier molecular flexibility index (Phi) is 4.93. The zero-order valence-corrected chi connectivity index (χ0v) is 12.5. The molecule has 1 amide bonds. The second-order valence-corrected chi connectivity index (χ2v) is 5.89. The maximum absolute atomic E-state index is 12.7. The number of hydrogen-bond donors (Lipinski definition) is 0. The predicted octanol–water partition coefficient (Wildman–Crippen LogP) is 2.00. The number of nitrogens with zero attached hydrogens (tertiary/aromatic N) is 2. The Bertz CT molecular complexity index is 440. The fourth-order valence-electron chi connectivity index (χ4n) is 3.26. The SMILES string of the molecule is O=C(c1ccco1)N1CCCCC[C@@H]1CN1CCOCC1. The molecule has 21 heavy (non-hydrogen) atoms. The molecule has 0 aromatic carbocycles. The molecule has 1 aromatic rings. The lowest BCUT2D eigenvalue weighted by molar-refractivity contribution is 0.0212. The highest BCUT2D eigenvalue weighted by molar-refractivity contribution is 5.91. The summed E-state index contributed by atoms with van der Waals surface area (Å²) in [7, 11) is 0. The minimum Gasteiger partial charge on any atom is -0.459 e. The second kappa shape index (κ2) is 7.09. The van der Waals surface area contributed by atoms with Crippen molar-refractivity contribution >= 4 is 5.91 Å². The van der Waals surface area contributed by atoms with Crippen LogP contribution < -0.4 is 0 Å². The molecular formula is C16H24N2O3. The third kappa shape index (κ3) is 3.66. The van der Waals surface area contributed by atoms with Crippen LogP contribution in [0.3, 0.4) is 0 Å². The number of carbonyl (C=O) groups is 1. The van der Waals surface area contributed by atoms with Crippen LogP contribution >= 0.6 is 0 Å². The van der Waals surface area contributed by atoms with Crippen molar-refractivity contribution in [3.63, 3.8) is 0 Å². The highest BCUT2D eigenvalue weighted by atomic mass is 16.5. The molecule has 2 aliphatic rings. The molecule has 0 unspecified atom stereocenters. The quantitative estimate of drug-likeness (QED) is 0.855. The van der Waals surface area contributed by atoms with E-state index in [1.54, 1.807) is 18.4 Å². The van der Waals surface area contributed by atoms with Crippen LogP contribution in [-0.2, 0) is 4.74 Å².